The average molecular weight is 245 g/mol. The summed E-state index contributed by atoms with van der Waals surface area (Å²) in [7, 11) is 1.59. The molecule has 1 aliphatic rings. The molecule has 4 nitrogen and oxygen atoms in total. The minimum Gasteiger partial charge on any atom is -0.495 e. The Balaban J connectivity index is 2.12. The van der Waals surface area contributed by atoms with Gasteiger partial charge in [0.1, 0.15) is 11.8 Å². The van der Waals surface area contributed by atoms with Gasteiger partial charge in [0.25, 0.3) is 0 Å². The molecule has 1 heterocycles. The van der Waals surface area contributed by atoms with Gasteiger partial charge in [0, 0.05) is 32.2 Å². The topological polar surface area (TPSA) is 48.3 Å². The molecular weight excluding hydrogens is 226 g/mol. The van der Waals surface area contributed by atoms with E-state index in [4.69, 9.17) is 10.00 Å². The van der Waals surface area contributed by atoms with Gasteiger partial charge in [-0.3, -0.25) is 4.90 Å². The monoisotopic (exact) mass is 245 g/mol. The van der Waals surface area contributed by atoms with Crippen LogP contribution in [0.2, 0.25) is 0 Å². The van der Waals surface area contributed by atoms with Crippen molar-refractivity contribution in [2.45, 2.75) is 19.5 Å². The van der Waals surface area contributed by atoms with E-state index in [2.05, 4.69) is 23.2 Å². The number of methoxy groups -OCH3 is 1. The first-order valence-electron chi connectivity index (χ1n) is 6.26. The minimum atomic E-state index is 0.534. The average Bonchev–Trinajstić information content (AvgIpc) is 2.41. The number of hydrogen-bond acceptors (Lipinski definition) is 4. The maximum atomic E-state index is 9.08. The highest BCUT2D eigenvalue weighted by atomic mass is 16.5. The van der Waals surface area contributed by atoms with Crippen molar-refractivity contribution < 1.29 is 4.74 Å². The quantitative estimate of drug-likeness (QED) is 0.873. The Labute approximate surface area is 108 Å². The lowest BCUT2D eigenvalue weighted by Gasteiger charge is -2.33. The maximum absolute atomic E-state index is 9.08. The molecule has 18 heavy (non-hydrogen) atoms. The second kappa shape index (κ2) is 5.85. The van der Waals surface area contributed by atoms with Crippen LogP contribution < -0.4 is 10.1 Å². The molecule has 96 valence electrons. The van der Waals surface area contributed by atoms with Crippen LogP contribution in [-0.2, 0) is 6.54 Å². The molecule has 0 saturated carbocycles. The standard InChI is InChI=1S/C14H19N3O/c1-11-9-16-5-6-17(11)10-12-3-4-14(18-2)13(7-12)8-15/h3-4,7,11,16H,5-6,9-10H2,1-2H3/t11-/m0/s1. The SMILES string of the molecule is COc1ccc(CN2CCNC[C@@H]2C)cc1C#N. The summed E-state index contributed by atoms with van der Waals surface area (Å²) in [5, 5.41) is 12.5. The fourth-order valence-corrected chi connectivity index (χ4v) is 2.29. The molecule has 0 aromatic heterocycles. The number of nitriles is 1. The summed E-state index contributed by atoms with van der Waals surface area (Å²) in [4.78, 5) is 2.43. The molecule has 1 atom stereocenters. The molecular formula is C14H19N3O. The number of nitrogens with one attached hydrogen (secondary N) is 1. The third-order valence-electron chi connectivity index (χ3n) is 3.41. The number of rotatable bonds is 3. The van der Waals surface area contributed by atoms with Crippen molar-refractivity contribution >= 4 is 0 Å². The first-order valence-corrected chi connectivity index (χ1v) is 6.26. The molecule has 1 aliphatic heterocycles. The molecule has 0 unspecified atom stereocenters. The van der Waals surface area contributed by atoms with Crippen molar-refractivity contribution in [2.24, 2.45) is 0 Å². The van der Waals surface area contributed by atoms with Gasteiger partial charge in [-0.25, -0.2) is 0 Å². The van der Waals surface area contributed by atoms with E-state index in [1.807, 2.05) is 18.2 Å². The Morgan fingerprint density at radius 2 is 2.39 bits per heavy atom. The lowest BCUT2D eigenvalue weighted by atomic mass is 10.1. The van der Waals surface area contributed by atoms with Crippen molar-refractivity contribution in [3.63, 3.8) is 0 Å². The zero-order valence-electron chi connectivity index (χ0n) is 10.9. The van der Waals surface area contributed by atoms with Crippen LogP contribution in [-0.4, -0.2) is 37.7 Å². The fourth-order valence-electron chi connectivity index (χ4n) is 2.29. The van der Waals surface area contributed by atoms with Gasteiger partial charge in [0.05, 0.1) is 12.7 Å². The van der Waals surface area contributed by atoms with Gasteiger partial charge >= 0.3 is 0 Å². The van der Waals surface area contributed by atoms with E-state index in [0.29, 0.717) is 17.4 Å². The van der Waals surface area contributed by atoms with Crippen molar-refractivity contribution in [1.82, 2.24) is 10.2 Å². The van der Waals surface area contributed by atoms with Crippen LogP contribution in [0.4, 0.5) is 0 Å². The normalized spacial score (nSPS) is 20.4. The van der Waals surface area contributed by atoms with Crippen molar-refractivity contribution in [3.8, 4) is 11.8 Å². The Morgan fingerprint density at radius 1 is 1.56 bits per heavy atom. The highest BCUT2D eigenvalue weighted by Crippen LogP contribution is 2.20. The highest BCUT2D eigenvalue weighted by molar-refractivity contribution is 5.45. The molecule has 0 radical (unpaired) electrons. The van der Waals surface area contributed by atoms with Crippen molar-refractivity contribution in [1.29, 1.82) is 5.26 Å². The molecule has 0 spiro atoms. The molecule has 1 N–H and O–H groups in total. The minimum absolute atomic E-state index is 0.534. The van der Waals surface area contributed by atoms with E-state index in [-0.39, 0.29) is 0 Å². The van der Waals surface area contributed by atoms with E-state index in [1.165, 1.54) is 5.56 Å². The van der Waals surface area contributed by atoms with Gasteiger partial charge in [-0.1, -0.05) is 6.07 Å². The van der Waals surface area contributed by atoms with Crippen LogP contribution in [0.25, 0.3) is 0 Å². The lowest BCUT2D eigenvalue weighted by Crippen LogP contribution is -2.49. The predicted octanol–water partition coefficient (Wildman–Crippen LogP) is 1.36. The molecule has 0 aliphatic carbocycles. The number of nitrogens with zero attached hydrogens (tertiary/aromatic N) is 2. The molecule has 1 aromatic rings. The van der Waals surface area contributed by atoms with Gasteiger partial charge in [-0.05, 0) is 24.6 Å². The maximum Gasteiger partial charge on any atom is 0.136 e. The second-order valence-electron chi connectivity index (χ2n) is 4.67. The number of benzene rings is 1. The van der Waals surface area contributed by atoms with Gasteiger partial charge in [-0.15, -0.1) is 0 Å². The van der Waals surface area contributed by atoms with Gasteiger partial charge < -0.3 is 10.1 Å². The summed E-state index contributed by atoms with van der Waals surface area (Å²) in [6.45, 7) is 6.23. The molecule has 2 rings (SSSR count). The van der Waals surface area contributed by atoms with E-state index < -0.39 is 0 Å². The third kappa shape index (κ3) is 2.81. The Hall–Kier alpha value is -1.57. The van der Waals surface area contributed by atoms with Gasteiger partial charge in [0.15, 0.2) is 0 Å². The molecule has 1 aromatic carbocycles. The van der Waals surface area contributed by atoms with E-state index >= 15 is 0 Å². The first kappa shape index (κ1) is 12.9. The van der Waals surface area contributed by atoms with Crippen LogP contribution in [0.3, 0.4) is 0 Å². The molecule has 0 amide bonds. The number of piperazine rings is 1. The summed E-state index contributed by atoms with van der Waals surface area (Å²) in [5.41, 5.74) is 1.78. The van der Waals surface area contributed by atoms with Crippen LogP contribution in [0.1, 0.15) is 18.1 Å². The number of ether oxygens (including phenoxy) is 1. The number of hydrogen-bond donors (Lipinski definition) is 1. The van der Waals surface area contributed by atoms with Crippen molar-refractivity contribution in [2.75, 3.05) is 26.7 Å². The van der Waals surface area contributed by atoms with Crippen molar-refractivity contribution in [3.05, 3.63) is 29.3 Å². The van der Waals surface area contributed by atoms with E-state index in [1.54, 1.807) is 7.11 Å². The fraction of sp³-hybridized carbons (Fsp3) is 0.500. The van der Waals surface area contributed by atoms with Crippen LogP contribution >= 0.6 is 0 Å². The summed E-state index contributed by atoms with van der Waals surface area (Å²) < 4.78 is 5.16. The molecule has 1 fully saturated rings. The van der Waals surface area contributed by atoms with Gasteiger partial charge in [-0.2, -0.15) is 5.26 Å². The highest BCUT2D eigenvalue weighted by Gasteiger charge is 2.18. The zero-order valence-corrected chi connectivity index (χ0v) is 10.9. The van der Waals surface area contributed by atoms with E-state index in [0.717, 1.165) is 26.2 Å². The van der Waals surface area contributed by atoms with Gasteiger partial charge in [0.2, 0.25) is 0 Å². The molecule has 1 saturated heterocycles. The third-order valence-corrected chi connectivity index (χ3v) is 3.41. The largest absolute Gasteiger partial charge is 0.495 e. The zero-order chi connectivity index (χ0) is 13.0. The summed E-state index contributed by atoms with van der Waals surface area (Å²) in [5.74, 6) is 0.648. The smallest absolute Gasteiger partial charge is 0.136 e. The van der Waals surface area contributed by atoms with Crippen LogP contribution in [0, 0.1) is 11.3 Å². The summed E-state index contributed by atoms with van der Waals surface area (Å²) in [6.07, 6.45) is 0. The molecule has 0 bridgehead atoms. The lowest BCUT2D eigenvalue weighted by molar-refractivity contribution is 0.165. The van der Waals surface area contributed by atoms with Crippen LogP contribution in [0.15, 0.2) is 18.2 Å². The predicted molar refractivity (Wildman–Crippen MR) is 70.5 cm³/mol. The second-order valence-corrected chi connectivity index (χ2v) is 4.67. The Kier molecular flexibility index (Phi) is 4.19. The van der Waals surface area contributed by atoms with E-state index in [9.17, 15) is 0 Å². The van der Waals surface area contributed by atoms with Crippen LogP contribution in [0.5, 0.6) is 5.75 Å². The first-order chi connectivity index (χ1) is 8.74. The Morgan fingerprint density at radius 3 is 3.06 bits per heavy atom. The Bertz CT molecular complexity index is 453. The summed E-state index contributed by atoms with van der Waals surface area (Å²) in [6, 6.07) is 8.55. The molecule has 4 heteroatoms. The summed E-state index contributed by atoms with van der Waals surface area (Å²) >= 11 is 0.